The number of ketones is 1. The van der Waals surface area contributed by atoms with Crippen molar-refractivity contribution in [3.8, 4) is 17.2 Å². The summed E-state index contributed by atoms with van der Waals surface area (Å²) in [5, 5.41) is 0. The molecule has 2 aromatic rings. The Morgan fingerprint density at radius 2 is 1.79 bits per heavy atom. The van der Waals surface area contributed by atoms with Crippen LogP contribution in [0.3, 0.4) is 0 Å². The molecule has 33 heavy (non-hydrogen) atoms. The van der Waals surface area contributed by atoms with Crippen molar-refractivity contribution in [2.24, 2.45) is 0 Å². The van der Waals surface area contributed by atoms with Gasteiger partial charge in [0.15, 0.2) is 18.1 Å². The number of esters is 1. The SMILES string of the molecule is COc1cc(/C=C/C(=O)OCC(=O)c2cc(C)n(CC3CCCO3)c2C)cc(OC)c1OC. The molecule has 8 nitrogen and oxygen atoms in total. The van der Waals surface area contributed by atoms with Gasteiger partial charge in [-0.1, -0.05) is 0 Å². The summed E-state index contributed by atoms with van der Waals surface area (Å²) < 4.78 is 28.9. The fourth-order valence-corrected chi connectivity index (χ4v) is 3.98. The van der Waals surface area contributed by atoms with Crippen molar-refractivity contribution in [1.29, 1.82) is 0 Å². The van der Waals surface area contributed by atoms with Crippen molar-refractivity contribution in [3.63, 3.8) is 0 Å². The quantitative estimate of drug-likeness (QED) is 0.305. The normalized spacial score (nSPS) is 15.6. The highest BCUT2D eigenvalue weighted by molar-refractivity contribution is 6.00. The Bertz CT molecular complexity index is 1010. The van der Waals surface area contributed by atoms with Crippen LogP contribution in [-0.2, 0) is 20.8 Å². The van der Waals surface area contributed by atoms with Gasteiger partial charge in [0.05, 0.1) is 27.4 Å². The second-order valence-electron chi connectivity index (χ2n) is 7.85. The van der Waals surface area contributed by atoms with E-state index in [0.717, 1.165) is 37.4 Å². The maximum absolute atomic E-state index is 12.7. The number of rotatable bonds is 10. The van der Waals surface area contributed by atoms with E-state index in [4.69, 9.17) is 23.7 Å². The van der Waals surface area contributed by atoms with Crippen LogP contribution in [0.25, 0.3) is 6.08 Å². The minimum absolute atomic E-state index is 0.177. The molecule has 1 aliphatic rings. The van der Waals surface area contributed by atoms with Crippen LogP contribution in [0.5, 0.6) is 17.2 Å². The maximum atomic E-state index is 12.7. The van der Waals surface area contributed by atoms with E-state index in [9.17, 15) is 9.59 Å². The van der Waals surface area contributed by atoms with Crippen LogP contribution in [0, 0.1) is 13.8 Å². The van der Waals surface area contributed by atoms with E-state index in [2.05, 4.69) is 4.57 Å². The molecule has 0 bridgehead atoms. The average molecular weight is 458 g/mol. The first-order valence-corrected chi connectivity index (χ1v) is 10.8. The molecule has 1 unspecified atom stereocenters. The number of methoxy groups -OCH3 is 3. The smallest absolute Gasteiger partial charge is 0.331 e. The summed E-state index contributed by atoms with van der Waals surface area (Å²) in [6, 6.07) is 5.25. The molecule has 3 rings (SSSR count). The third kappa shape index (κ3) is 5.76. The van der Waals surface area contributed by atoms with Crippen LogP contribution in [0.15, 0.2) is 24.3 Å². The molecule has 0 aliphatic carbocycles. The van der Waals surface area contributed by atoms with Gasteiger partial charge in [0.25, 0.3) is 0 Å². The summed E-state index contributed by atoms with van der Waals surface area (Å²) in [6.07, 6.45) is 5.08. The number of Topliss-reactive ketones (excluding diaryl/α,β-unsaturated/α-hetero) is 1. The number of benzene rings is 1. The van der Waals surface area contributed by atoms with E-state index in [-0.39, 0.29) is 18.5 Å². The highest BCUT2D eigenvalue weighted by atomic mass is 16.5. The van der Waals surface area contributed by atoms with Crippen molar-refractivity contribution >= 4 is 17.8 Å². The highest BCUT2D eigenvalue weighted by Gasteiger charge is 2.21. The summed E-state index contributed by atoms with van der Waals surface area (Å²) in [4.78, 5) is 24.9. The second-order valence-corrected chi connectivity index (χ2v) is 7.85. The highest BCUT2D eigenvalue weighted by Crippen LogP contribution is 2.38. The fraction of sp³-hybridized carbons (Fsp3) is 0.440. The number of aromatic nitrogens is 1. The lowest BCUT2D eigenvalue weighted by molar-refractivity contribution is -0.136. The molecule has 8 heteroatoms. The molecule has 1 fully saturated rings. The first-order valence-electron chi connectivity index (χ1n) is 10.8. The Morgan fingerprint density at radius 1 is 1.09 bits per heavy atom. The van der Waals surface area contributed by atoms with Crippen molar-refractivity contribution in [1.82, 2.24) is 4.57 Å². The molecule has 1 aliphatic heterocycles. The lowest BCUT2D eigenvalue weighted by Gasteiger charge is -2.14. The molecule has 178 valence electrons. The van der Waals surface area contributed by atoms with Gasteiger partial charge in [-0.3, -0.25) is 4.79 Å². The van der Waals surface area contributed by atoms with E-state index >= 15 is 0 Å². The zero-order valence-corrected chi connectivity index (χ0v) is 19.8. The van der Waals surface area contributed by atoms with Gasteiger partial charge in [-0.2, -0.15) is 0 Å². The van der Waals surface area contributed by atoms with Gasteiger partial charge < -0.3 is 28.3 Å². The van der Waals surface area contributed by atoms with Crippen molar-refractivity contribution in [2.45, 2.75) is 39.3 Å². The number of carbonyl (C=O) groups is 2. The number of ether oxygens (including phenoxy) is 5. The maximum Gasteiger partial charge on any atom is 0.331 e. The lowest BCUT2D eigenvalue weighted by Crippen LogP contribution is -2.18. The second kappa shape index (κ2) is 11.0. The summed E-state index contributed by atoms with van der Waals surface area (Å²) in [5.41, 5.74) is 3.06. The minimum atomic E-state index is -0.620. The summed E-state index contributed by atoms with van der Waals surface area (Å²) in [5.74, 6) is 0.542. The van der Waals surface area contributed by atoms with Crippen LogP contribution in [0.2, 0.25) is 0 Å². The molecule has 1 aromatic heterocycles. The molecular formula is C25H31NO7. The Labute approximate surface area is 194 Å². The van der Waals surface area contributed by atoms with Crippen molar-refractivity contribution in [3.05, 3.63) is 46.8 Å². The van der Waals surface area contributed by atoms with Crippen LogP contribution in [0.1, 0.15) is 40.2 Å². The lowest BCUT2D eigenvalue weighted by atomic mass is 10.1. The van der Waals surface area contributed by atoms with E-state index in [1.807, 2.05) is 19.9 Å². The molecule has 1 saturated heterocycles. The first kappa shape index (κ1) is 24.4. The fourth-order valence-electron chi connectivity index (χ4n) is 3.98. The molecule has 0 amide bonds. The molecule has 0 spiro atoms. The summed E-state index contributed by atoms with van der Waals surface area (Å²) in [7, 11) is 4.55. The van der Waals surface area contributed by atoms with Crippen LogP contribution >= 0.6 is 0 Å². The van der Waals surface area contributed by atoms with E-state index in [1.165, 1.54) is 27.4 Å². The Kier molecular flexibility index (Phi) is 8.16. The number of carbonyl (C=O) groups excluding carboxylic acids is 2. The molecule has 0 radical (unpaired) electrons. The molecule has 2 heterocycles. The topological polar surface area (TPSA) is 85.2 Å². The largest absolute Gasteiger partial charge is 0.493 e. The van der Waals surface area contributed by atoms with Crippen molar-refractivity contribution < 1.29 is 33.3 Å². The van der Waals surface area contributed by atoms with Crippen LogP contribution in [0.4, 0.5) is 0 Å². The number of nitrogens with zero attached hydrogens (tertiary/aromatic N) is 1. The molecule has 0 saturated carbocycles. The standard InChI is InChI=1S/C25H31NO7/c1-16-11-20(17(2)26(16)14-19-7-6-10-32-19)21(27)15-33-24(28)9-8-18-12-22(29-3)25(31-5)23(13-18)30-4/h8-9,11-13,19H,6-7,10,14-15H2,1-5H3/b9-8+. The summed E-state index contributed by atoms with van der Waals surface area (Å²) in [6.45, 7) is 5.05. The van der Waals surface area contributed by atoms with E-state index < -0.39 is 5.97 Å². The Hall–Kier alpha value is -3.26. The molecule has 1 aromatic carbocycles. The Balaban J connectivity index is 1.62. The van der Waals surface area contributed by atoms with Gasteiger partial charge in [0, 0.05) is 36.2 Å². The van der Waals surface area contributed by atoms with Crippen LogP contribution in [-0.4, -0.2) is 57.0 Å². The molecule has 0 N–H and O–H groups in total. The predicted octanol–water partition coefficient (Wildman–Crippen LogP) is 3.75. The van der Waals surface area contributed by atoms with Crippen LogP contribution < -0.4 is 14.2 Å². The minimum Gasteiger partial charge on any atom is -0.493 e. The van der Waals surface area contributed by atoms with Gasteiger partial charge >= 0.3 is 5.97 Å². The third-order valence-corrected chi connectivity index (χ3v) is 5.73. The molecular weight excluding hydrogens is 426 g/mol. The number of hydrogen-bond acceptors (Lipinski definition) is 7. The average Bonchev–Trinajstić information content (AvgIpc) is 3.44. The number of hydrogen-bond donors (Lipinski definition) is 0. The van der Waals surface area contributed by atoms with Gasteiger partial charge in [-0.25, -0.2) is 4.79 Å². The van der Waals surface area contributed by atoms with Gasteiger partial charge in [0.1, 0.15) is 0 Å². The van der Waals surface area contributed by atoms with Crippen molar-refractivity contribution in [2.75, 3.05) is 34.5 Å². The first-order chi connectivity index (χ1) is 15.9. The van der Waals surface area contributed by atoms with Gasteiger partial charge in [-0.15, -0.1) is 0 Å². The van der Waals surface area contributed by atoms with E-state index in [0.29, 0.717) is 28.4 Å². The third-order valence-electron chi connectivity index (χ3n) is 5.73. The molecule has 1 atom stereocenters. The Morgan fingerprint density at radius 3 is 2.36 bits per heavy atom. The zero-order valence-electron chi connectivity index (χ0n) is 19.8. The predicted molar refractivity (Wildman–Crippen MR) is 123 cm³/mol. The van der Waals surface area contributed by atoms with Gasteiger partial charge in [0.2, 0.25) is 11.5 Å². The zero-order chi connectivity index (χ0) is 24.0. The van der Waals surface area contributed by atoms with Gasteiger partial charge in [-0.05, 0) is 56.5 Å². The van der Waals surface area contributed by atoms with E-state index in [1.54, 1.807) is 18.2 Å². The number of aryl methyl sites for hydroxylation is 1. The summed E-state index contributed by atoms with van der Waals surface area (Å²) >= 11 is 0. The monoisotopic (exact) mass is 457 g/mol.